The first kappa shape index (κ1) is 22.7. The molecule has 2 heterocycles. The number of hydrogen-bond acceptors (Lipinski definition) is 4. The first-order chi connectivity index (χ1) is 14.7. The monoisotopic (exact) mass is 437 g/mol. The molecule has 1 unspecified atom stereocenters. The third kappa shape index (κ3) is 4.68. The van der Waals surface area contributed by atoms with Crippen LogP contribution in [0.1, 0.15) is 30.5 Å². The molecule has 0 spiro atoms. The van der Waals surface area contributed by atoms with Crippen LogP contribution in [0, 0.1) is 6.92 Å². The van der Waals surface area contributed by atoms with Crippen molar-refractivity contribution in [3.63, 3.8) is 0 Å². The topological polar surface area (TPSA) is 87.6 Å². The molecule has 3 rings (SSSR count). The van der Waals surface area contributed by atoms with E-state index in [1.807, 2.05) is 38.1 Å². The summed E-state index contributed by atoms with van der Waals surface area (Å²) < 4.78 is 47.9. The Morgan fingerprint density at radius 1 is 1.26 bits per heavy atom. The molecule has 0 saturated heterocycles. The number of furan rings is 1. The number of aliphatic hydroxyl groups is 1. The number of alkyl halides is 3. The van der Waals surface area contributed by atoms with Crippen LogP contribution < -0.4 is 10.6 Å². The van der Waals surface area contributed by atoms with Gasteiger partial charge >= 0.3 is 6.18 Å². The maximum absolute atomic E-state index is 13.6. The lowest BCUT2D eigenvalue weighted by molar-refractivity contribution is -0.272. The van der Waals surface area contributed by atoms with Crippen LogP contribution in [-0.4, -0.2) is 39.9 Å². The van der Waals surface area contributed by atoms with Gasteiger partial charge in [0.1, 0.15) is 23.7 Å². The van der Waals surface area contributed by atoms with Crippen molar-refractivity contribution >= 4 is 16.9 Å². The lowest BCUT2D eigenvalue weighted by atomic mass is 9.97. The maximum atomic E-state index is 13.6. The number of hydrogen-bond donors (Lipinski definition) is 3. The first-order valence-corrected chi connectivity index (χ1v) is 9.93. The number of halogens is 3. The van der Waals surface area contributed by atoms with Crippen molar-refractivity contribution in [1.82, 2.24) is 20.2 Å². The second kappa shape index (κ2) is 9.01. The van der Waals surface area contributed by atoms with E-state index < -0.39 is 24.0 Å². The number of rotatable bonds is 7. The molecule has 10 heteroatoms. The molecule has 3 N–H and O–H groups in total. The third-order valence-electron chi connectivity index (χ3n) is 5.11. The van der Waals surface area contributed by atoms with Gasteiger partial charge in [-0.1, -0.05) is 18.2 Å². The largest absolute Gasteiger partial charge is 0.459 e. The number of guanidine groups is 1. The van der Waals surface area contributed by atoms with E-state index in [2.05, 4.69) is 20.6 Å². The maximum Gasteiger partial charge on any atom is 0.424 e. The standard InChI is InChI=1S/C21H26F3N5O2/c1-4-25-19(28-13-17-14(2)15-7-5-6-8-16(15)31-17)27-10-9-20(30,21(22,23)24)18-26-11-12-29(18)3/h5-8,11-12,30H,4,9-10,13H2,1-3H3,(H2,25,27,28). The fourth-order valence-corrected chi connectivity index (χ4v) is 3.37. The number of aromatic nitrogens is 2. The lowest BCUT2D eigenvalue weighted by Gasteiger charge is -2.30. The predicted octanol–water partition coefficient (Wildman–Crippen LogP) is 3.37. The molecule has 1 atom stereocenters. The van der Waals surface area contributed by atoms with Crippen LogP contribution in [0.5, 0.6) is 0 Å². The minimum Gasteiger partial charge on any atom is -0.459 e. The van der Waals surface area contributed by atoms with Crippen LogP contribution in [0.15, 0.2) is 46.1 Å². The summed E-state index contributed by atoms with van der Waals surface area (Å²) in [7, 11) is 1.41. The summed E-state index contributed by atoms with van der Waals surface area (Å²) in [5.41, 5.74) is -1.35. The van der Waals surface area contributed by atoms with E-state index in [0.29, 0.717) is 18.3 Å². The number of fused-ring (bicyclic) bond motifs is 1. The van der Waals surface area contributed by atoms with Crippen molar-refractivity contribution in [3.05, 3.63) is 53.8 Å². The minimum atomic E-state index is -4.88. The Morgan fingerprint density at radius 2 is 2.00 bits per heavy atom. The molecule has 1 aromatic carbocycles. The number of benzene rings is 1. The second-order valence-corrected chi connectivity index (χ2v) is 7.24. The summed E-state index contributed by atoms with van der Waals surface area (Å²) in [6.07, 6.45) is -2.93. The van der Waals surface area contributed by atoms with Gasteiger partial charge in [0.25, 0.3) is 0 Å². The SMILES string of the molecule is CCNC(=NCc1oc2ccccc2c1C)NCCC(O)(c1nccn1C)C(F)(F)F. The number of nitrogens with zero attached hydrogens (tertiary/aromatic N) is 3. The van der Waals surface area contributed by atoms with Gasteiger partial charge in [-0.25, -0.2) is 9.98 Å². The van der Waals surface area contributed by atoms with Gasteiger partial charge in [-0.05, 0) is 19.9 Å². The van der Waals surface area contributed by atoms with Crippen molar-refractivity contribution in [2.75, 3.05) is 13.1 Å². The Hall–Kier alpha value is -3.01. The van der Waals surface area contributed by atoms with Crippen LogP contribution in [0.4, 0.5) is 13.2 Å². The van der Waals surface area contributed by atoms with Gasteiger partial charge in [0.2, 0.25) is 5.60 Å². The molecule has 0 aliphatic heterocycles. The van der Waals surface area contributed by atoms with Crippen molar-refractivity contribution in [2.24, 2.45) is 12.0 Å². The molecule has 31 heavy (non-hydrogen) atoms. The van der Waals surface area contributed by atoms with E-state index in [0.717, 1.165) is 21.1 Å². The second-order valence-electron chi connectivity index (χ2n) is 7.24. The molecule has 168 valence electrons. The molecule has 0 amide bonds. The van der Waals surface area contributed by atoms with Crippen molar-refractivity contribution < 1.29 is 22.7 Å². The fourth-order valence-electron chi connectivity index (χ4n) is 3.37. The van der Waals surface area contributed by atoms with E-state index in [4.69, 9.17) is 4.42 Å². The van der Waals surface area contributed by atoms with Gasteiger partial charge < -0.3 is 24.7 Å². The van der Waals surface area contributed by atoms with Gasteiger partial charge in [0, 0.05) is 49.9 Å². The van der Waals surface area contributed by atoms with Gasteiger partial charge in [0.05, 0.1) is 0 Å². The minimum absolute atomic E-state index is 0.173. The predicted molar refractivity (Wildman–Crippen MR) is 112 cm³/mol. The van der Waals surface area contributed by atoms with Crippen LogP contribution >= 0.6 is 0 Å². The highest BCUT2D eigenvalue weighted by Crippen LogP contribution is 2.40. The van der Waals surface area contributed by atoms with Crippen LogP contribution in [0.25, 0.3) is 11.0 Å². The lowest BCUT2D eigenvalue weighted by Crippen LogP contribution is -2.47. The molecular weight excluding hydrogens is 411 g/mol. The zero-order valence-electron chi connectivity index (χ0n) is 17.6. The number of para-hydroxylation sites is 1. The Bertz CT molecular complexity index is 1060. The van der Waals surface area contributed by atoms with E-state index in [1.54, 1.807) is 0 Å². The van der Waals surface area contributed by atoms with Gasteiger partial charge in [-0.3, -0.25) is 0 Å². The molecule has 3 aromatic rings. The molecule has 0 saturated carbocycles. The molecule has 0 bridgehead atoms. The Labute approximate surface area is 178 Å². The van der Waals surface area contributed by atoms with Crippen molar-refractivity contribution in [3.8, 4) is 0 Å². The van der Waals surface area contributed by atoms with Gasteiger partial charge in [-0.15, -0.1) is 0 Å². The summed E-state index contributed by atoms with van der Waals surface area (Å²) in [5.74, 6) is 0.548. The Balaban J connectivity index is 1.72. The number of nitrogens with one attached hydrogen (secondary N) is 2. The number of aryl methyl sites for hydroxylation is 2. The average Bonchev–Trinajstić information content (AvgIpc) is 3.29. The molecule has 2 aromatic heterocycles. The number of imidazole rings is 1. The number of aliphatic imine (C=N–C) groups is 1. The normalized spacial score (nSPS) is 14.6. The zero-order chi connectivity index (χ0) is 22.6. The molecule has 0 aliphatic carbocycles. The van der Waals surface area contributed by atoms with Crippen molar-refractivity contribution in [1.29, 1.82) is 0 Å². The van der Waals surface area contributed by atoms with E-state index in [9.17, 15) is 18.3 Å². The van der Waals surface area contributed by atoms with E-state index in [-0.39, 0.29) is 13.1 Å². The summed E-state index contributed by atoms with van der Waals surface area (Å²) in [4.78, 5) is 8.12. The van der Waals surface area contributed by atoms with E-state index >= 15 is 0 Å². The molecule has 0 aliphatic rings. The van der Waals surface area contributed by atoms with Crippen LogP contribution in [0.3, 0.4) is 0 Å². The van der Waals surface area contributed by atoms with Crippen LogP contribution in [0.2, 0.25) is 0 Å². The molecule has 0 radical (unpaired) electrons. The highest BCUT2D eigenvalue weighted by Gasteiger charge is 2.57. The summed E-state index contributed by atoms with van der Waals surface area (Å²) >= 11 is 0. The average molecular weight is 437 g/mol. The van der Waals surface area contributed by atoms with E-state index in [1.165, 1.54) is 19.4 Å². The molecule has 7 nitrogen and oxygen atoms in total. The third-order valence-corrected chi connectivity index (χ3v) is 5.11. The quantitative estimate of drug-likeness (QED) is 0.390. The fraction of sp³-hybridized carbons (Fsp3) is 0.429. The zero-order valence-corrected chi connectivity index (χ0v) is 17.6. The Kier molecular flexibility index (Phi) is 6.59. The summed E-state index contributed by atoms with van der Waals surface area (Å²) in [6, 6.07) is 7.63. The Morgan fingerprint density at radius 3 is 2.61 bits per heavy atom. The highest BCUT2D eigenvalue weighted by atomic mass is 19.4. The van der Waals surface area contributed by atoms with Crippen LogP contribution in [-0.2, 0) is 19.2 Å². The smallest absolute Gasteiger partial charge is 0.424 e. The first-order valence-electron chi connectivity index (χ1n) is 9.93. The van der Waals surface area contributed by atoms with Crippen molar-refractivity contribution in [2.45, 2.75) is 38.6 Å². The molecule has 0 fully saturated rings. The summed E-state index contributed by atoms with van der Waals surface area (Å²) in [5, 5.41) is 17.3. The summed E-state index contributed by atoms with van der Waals surface area (Å²) in [6.45, 7) is 4.36. The molecular formula is C21H26F3N5O2. The highest BCUT2D eigenvalue weighted by molar-refractivity contribution is 5.82. The van der Waals surface area contributed by atoms with Gasteiger partial charge in [-0.2, -0.15) is 13.2 Å². The van der Waals surface area contributed by atoms with Gasteiger partial charge in [0.15, 0.2) is 5.96 Å².